The highest BCUT2D eigenvalue weighted by Gasteiger charge is 2.27. The molecule has 0 spiro atoms. The van der Waals surface area contributed by atoms with Crippen molar-refractivity contribution < 1.29 is 4.74 Å². The zero-order valence-corrected chi connectivity index (χ0v) is 14.4. The van der Waals surface area contributed by atoms with Crippen molar-refractivity contribution in [2.75, 3.05) is 18.0 Å². The fraction of sp³-hybridized carbons (Fsp3) is 0.812. The number of thiazole rings is 1. The van der Waals surface area contributed by atoms with Crippen LogP contribution in [-0.2, 0) is 11.3 Å². The summed E-state index contributed by atoms with van der Waals surface area (Å²) in [6, 6.07) is 0.749. The standard InChI is InChI=1S/C16H27N3OS/c1-10(2)15-14(7-17-13-5-6-13)21-16(18-15)19-8-11(3)20-12(4)9-19/h10-13,17H,5-9H2,1-4H3/t11-,12+. The monoisotopic (exact) mass is 309 g/mol. The van der Waals surface area contributed by atoms with Crippen molar-refractivity contribution in [1.82, 2.24) is 10.3 Å². The number of morpholine rings is 1. The van der Waals surface area contributed by atoms with Gasteiger partial charge in [0.2, 0.25) is 0 Å². The Labute approximate surface area is 131 Å². The minimum Gasteiger partial charge on any atom is -0.372 e. The molecule has 3 rings (SSSR count). The van der Waals surface area contributed by atoms with E-state index in [1.807, 2.05) is 11.3 Å². The molecule has 1 aliphatic heterocycles. The van der Waals surface area contributed by atoms with E-state index >= 15 is 0 Å². The number of ether oxygens (including phenoxy) is 1. The second kappa shape index (κ2) is 6.23. The minimum absolute atomic E-state index is 0.285. The smallest absolute Gasteiger partial charge is 0.186 e. The molecule has 2 heterocycles. The van der Waals surface area contributed by atoms with Gasteiger partial charge in [-0.1, -0.05) is 13.8 Å². The van der Waals surface area contributed by atoms with Gasteiger partial charge in [-0.05, 0) is 32.6 Å². The number of rotatable bonds is 5. The van der Waals surface area contributed by atoms with E-state index in [2.05, 4.69) is 37.9 Å². The Bertz CT molecular complexity index is 474. The van der Waals surface area contributed by atoms with Gasteiger partial charge in [-0.2, -0.15) is 0 Å². The van der Waals surface area contributed by atoms with Crippen molar-refractivity contribution in [3.05, 3.63) is 10.6 Å². The molecule has 0 radical (unpaired) electrons. The Morgan fingerprint density at radius 2 is 1.95 bits per heavy atom. The van der Waals surface area contributed by atoms with E-state index in [0.717, 1.165) is 25.7 Å². The third-order valence-electron chi connectivity index (χ3n) is 4.08. The molecule has 1 saturated heterocycles. The topological polar surface area (TPSA) is 37.4 Å². The van der Waals surface area contributed by atoms with E-state index in [0.29, 0.717) is 5.92 Å². The highest BCUT2D eigenvalue weighted by Crippen LogP contribution is 2.33. The summed E-state index contributed by atoms with van der Waals surface area (Å²) in [5, 5.41) is 4.80. The highest BCUT2D eigenvalue weighted by molar-refractivity contribution is 7.15. The maximum atomic E-state index is 5.83. The van der Waals surface area contributed by atoms with Gasteiger partial charge in [0.1, 0.15) is 0 Å². The molecular weight excluding hydrogens is 282 g/mol. The molecule has 0 bridgehead atoms. The van der Waals surface area contributed by atoms with Crippen molar-refractivity contribution >= 4 is 16.5 Å². The van der Waals surface area contributed by atoms with Gasteiger partial charge in [-0.25, -0.2) is 4.98 Å². The second-order valence-corrected chi connectivity index (χ2v) is 7.84. The van der Waals surface area contributed by atoms with Crippen LogP contribution in [0, 0.1) is 0 Å². The lowest BCUT2D eigenvalue weighted by Crippen LogP contribution is -2.45. The number of anilines is 1. The molecule has 21 heavy (non-hydrogen) atoms. The second-order valence-electron chi connectivity index (χ2n) is 6.78. The summed E-state index contributed by atoms with van der Waals surface area (Å²) in [5.74, 6) is 0.488. The zero-order valence-electron chi connectivity index (χ0n) is 13.6. The molecular formula is C16H27N3OS. The largest absolute Gasteiger partial charge is 0.372 e. The van der Waals surface area contributed by atoms with E-state index in [9.17, 15) is 0 Å². The Hall–Kier alpha value is -0.650. The van der Waals surface area contributed by atoms with Crippen LogP contribution in [0.4, 0.5) is 5.13 Å². The quantitative estimate of drug-likeness (QED) is 0.907. The number of nitrogens with one attached hydrogen (secondary N) is 1. The molecule has 1 aromatic rings. The molecule has 4 nitrogen and oxygen atoms in total. The summed E-state index contributed by atoms with van der Waals surface area (Å²) in [6.07, 6.45) is 3.24. The Morgan fingerprint density at radius 3 is 2.52 bits per heavy atom. The van der Waals surface area contributed by atoms with E-state index in [1.165, 1.54) is 28.5 Å². The fourth-order valence-electron chi connectivity index (χ4n) is 2.92. The predicted molar refractivity (Wildman–Crippen MR) is 88.3 cm³/mol. The first kappa shape index (κ1) is 15.3. The van der Waals surface area contributed by atoms with Crippen LogP contribution in [0.3, 0.4) is 0 Å². The normalized spacial score (nSPS) is 26.6. The number of nitrogens with zero attached hydrogens (tertiary/aromatic N) is 2. The lowest BCUT2D eigenvalue weighted by atomic mass is 10.1. The first-order valence-electron chi connectivity index (χ1n) is 8.16. The summed E-state index contributed by atoms with van der Waals surface area (Å²) in [4.78, 5) is 8.76. The third kappa shape index (κ3) is 3.76. The van der Waals surface area contributed by atoms with Crippen molar-refractivity contribution in [3.63, 3.8) is 0 Å². The third-order valence-corrected chi connectivity index (χ3v) is 5.21. The van der Waals surface area contributed by atoms with Crippen LogP contribution < -0.4 is 10.2 Å². The molecule has 1 N–H and O–H groups in total. The van der Waals surface area contributed by atoms with Crippen LogP contribution in [0.15, 0.2) is 0 Å². The summed E-state index contributed by atoms with van der Waals surface area (Å²) in [6.45, 7) is 11.7. The maximum Gasteiger partial charge on any atom is 0.186 e. The molecule has 1 aromatic heterocycles. The van der Waals surface area contributed by atoms with Crippen LogP contribution in [0.2, 0.25) is 0 Å². The lowest BCUT2D eigenvalue weighted by molar-refractivity contribution is -0.00523. The maximum absolute atomic E-state index is 5.83. The van der Waals surface area contributed by atoms with Crippen LogP contribution in [0.5, 0.6) is 0 Å². The van der Waals surface area contributed by atoms with Gasteiger partial charge in [0.25, 0.3) is 0 Å². The van der Waals surface area contributed by atoms with Gasteiger partial charge in [0.05, 0.1) is 17.9 Å². The van der Waals surface area contributed by atoms with Crippen LogP contribution in [0.25, 0.3) is 0 Å². The zero-order chi connectivity index (χ0) is 15.0. The highest BCUT2D eigenvalue weighted by atomic mass is 32.1. The van der Waals surface area contributed by atoms with Crippen molar-refractivity contribution in [2.24, 2.45) is 0 Å². The van der Waals surface area contributed by atoms with Gasteiger partial charge in [0.15, 0.2) is 5.13 Å². The summed E-state index contributed by atoms with van der Waals surface area (Å²) in [5.41, 5.74) is 1.27. The van der Waals surface area contributed by atoms with Crippen LogP contribution in [-0.4, -0.2) is 36.3 Å². The molecule has 2 aliphatic rings. The van der Waals surface area contributed by atoms with E-state index in [4.69, 9.17) is 9.72 Å². The first-order chi connectivity index (χ1) is 10.0. The number of hydrogen-bond donors (Lipinski definition) is 1. The summed E-state index contributed by atoms with van der Waals surface area (Å²) < 4.78 is 5.83. The van der Waals surface area contributed by atoms with E-state index in [1.54, 1.807) is 0 Å². The number of aromatic nitrogens is 1. The molecule has 1 saturated carbocycles. The van der Waals surface area contributed by atoms with Gasteiger partial charge in [-0.3, -0.25) is 0 Å². The van der Waals surface area contributed by atoms with Gasteiger partial charge in [0, 0.05) is 30.6 Å². The van der Waals surface area contributed by atoms with Crippen molar-refractivity contribution in [2.45, 2.75) is 71.2 Å². The van der Waals surface area contributed by atoms with Crippen LogP contribution in [0.1, 0.15) is 57.0 Å². The summed E-state index contributed by atoms with van der Waals surface area (Å²) >= 11 is 1.86. The van der Waals surface area contributed by atoms with Crippen LogP contribution >= 0.6 is 11.3 Å². The van der Waals surface area contributed by atoms with E-state index in [-0.39, 0.29) is 12.2 Å². The molecule has 0 amide bonds. The van der Waals surface area contributed by atoms with Gasteiger partial charge >= 0.3 is 0 Å². The molecule has 2 fully saturated rings. The van der Waals surface area contributed by atoms with Gasteiger partial charge < -0.3 is 15.0 Å². The van der Waals surface area contributed by atoms with E-state index < -0.39 is 0 Å². The molecule has 118 valence electrons. The SMILES string of the molecule is CC(C)c1nc(N2C[C@@H](C)O[C@@H](C)C2)sc1CNC1CC1. The van der Waals surface area contributed by atoms with Crippen molar-refractivity contribution in [3.8, 4) is 0 Å². The number of hydrogen-bond acceptors (Lipinski definition) is 5. The predicted octanol–water partition coefficient (Wildman–Crippen LogP) is 3.13. The Balaban J connectivity index is 1.76. The lowest BCUT2D eigenvalue weighted by Gasteiger charge is -2.35. The summed E-state index contributed by atoms with van der Waals surface area (Å²) in [7, 11) is 0. The van der Waals surface area contributed by atoms with Crippen molar-refractivity contribution in [1.29, 1.82) is 0 Å². The average molecular weight is 309 g/mol. The molecule has 0 aromatic carbocycles. The first-order valence-corrected chi connectivity index (χ1v) is 8.98. The fourth-order valence-corrected chi connectivity index (χ4v) is 4.11. The average Bonchev–Trinajstić information content (AvgIpc) is 3.13. The molecule has 0 unspecified atom stereocenters. The molecule has 1 aliphatic carbocycles. The Kier molecular flexibility index (Phi) is 4.52. The Morgan fingerprint density at radius 1 is 1.29 bits per heavy atom. The molecule has 5 heteroatoms. The van der Waals surface area contributed by atoms with Gasteiger partial charge in [-0.15, -0.1) is 11.3 Å². The molecule has 2 atom stereocenters. The minimum atomic E-state index is 0.285.